The molecule has 4 rings (SSSR count). The molecule has 1 atom stereocenters. The van der Waals surface area contributed by atoms with Crippen molar-refractivity contribution in [3.63, 3.8) is 0 Å². The van der Waals surface area contributed by atoms with E-state index in [1.54, 1.807) is 0 Å². The zero-order chi connectivity index (χ0) is 18.1. The van der Waals surface area contributed by atoms with Crippen LogP contribution in [-0.4, -0.2) is 26.6 Å². The van der Waals surface area contributed by atoms with Crippen molar-refractivity contribution in [2.75, 3.05) is 10.6 Å². The number of carbonyl (C=O) groups excluding carboxylic acids is 2. The molecule has 0 aliphatic carbocycles. The first-order valence-electron chi connectivity index (χ1n) is 8.29. The Morgan fingerprint density at radius 3 is 2.62 bits per heavy atom. The average molecular weight is 347 g/mol. The van der Waals surface area contributed by atoms with Gasteiger partial charge in [-0.1, -0.05) is 48.0 Å². The SMILES string of the molecule is Cc1ccc(NC(=O)C[C@H]2C(=O)Nc3nc(-c4ccccc4)nn32)cc1. The van der Waals surface area contributed by atoms with Gasteiger partial charge in [-0.3, -0.25) is 14.9 Å². The fourth-order valence-corrected chi connectivity index (χ4v) is 2.84. The average Bonchev–Trinajstić information content (AvgIpc) is 3.17. The summed E-state index contributed by atoms with van der Waals surface area (Å²) in [5, 5.41) is 9.90. The summed E-state index contributed by atoms with van der Waals surface area (Å²) in [5.74, 6) is 0.351. The van der Waals surface area contributed by atoms with Crippen LogP contribution in [0.4, 0.5) is 11.6 Å². The molecule has 1 aliphatic heterocycles. The molecule has 0 fully saturated rings. The number of rotatable bonds is 4. The second kappa shape index (κ2) is 6.44. The van der Waals surface area contributed by atoms with E-state index in [1.165, 1.54) is 4.68 Å². The van der Waals surface area contributed by atoms with E-state index in [4.69, 9.17) is 0 Å². The summed E-state index contributed by atoms with van der Waals surface area (Å²) >= 11 is 0. The molecule has 2 aromatic carbocycles. The van der Waals surface area contributed by atoms with Gasteiger partial charge in [-0.2, -0.15) is 4.98 Å². The van der Waals surface area contributed by atoms with E-state index < -0.39 is 6.04 Å². The van der Waals surface area contributed by atoms with Gasteiger partial charge < -0.3 is 5.32 Å². The molecular formula is C19H17N5O2. The number of aryl methyl sites for hydroxylation is 1. The van der Waals surface area contributed by atoms with Crippen molar-refractivity contribution >= 4 is 23.5 Å². The molecular weight excluding hydrogens is 330 g/mol. The Bertz CT molecular complexity index is 963. The highest BCUT2D eigenvalue weighted by Crippen LogP contribution is 2.28. The molecule has 7 heteroatoms. The first-order chi connectivity index (χ1) is 12.6. The Morgan fingerprint density at radius 1 is 1.15 bits per heavy atom. The first kappa shape index (κ1) is 16.0. The topological polar surface area (TPSA) is 88.9 Å². The summed E-state index contributed by atoms with van der Waals surface area (Å²) in [5.41, 5.74) is 2.66. The van der Waals surface area contributed by atoms with Crippen LogP contribution in [0, 0.1) is 6.92 Å². The number of nitrogens with one attached hydrogen (secondary N) is 2. The molecule has 0 spiro atoms. The van der Waals surface area contributed by atoms with E-state index in [0.29, 0.717) is 17.5 Å². The summed E-state index contributed by atoms with van der Waals surface area (Å²) in [6.07, 6.45) is -0.00962. The molecule has 2 amide bonds. The molecule has 0 bridgehead atoms. The monoisotopic (exact) mass is 347 g/mol. The van der Waals surface area contributed by atoms with Crippen LogP contribution in [-0.2, 0) is 9.59 Å². The van der Waals surface area contributed by atoms with E-state index in [9.17, 15) is 9.59 Å². The predicted octanol–water partition coefficient (Wildman–Crippen LogP) is 2.78. The number of anilines is 2. The van der Waals surface area contributed by atoms with Gasteiger partial charge in [-0.15, -0.1) is 5.10 Å². The standard InChI is InChI=1S/C19H17N5O2/c1-12-7-9-14(10-8-12)20-16(25)11-15-18(26)22-19-21-17(23-24(15)19)13-5-3-2-4-6-13/h2-10,15H,11H2,1H3,(H,20,25)(H,21,22,23,26)/t15-/m0/s1. The van der Waals surface area contributed by atoms with Gasteiger partial charge >= 0.3 is 0 Å². The number of benzene rings is 2. The van der Waals surface area contributed by atoms with E-state index in [0.717, 1.165) is 11.1 Å². The summed E-state index contributed by atoms with van der Waals surface area (Å²) in [6, 6.07) is 16.3. The van der Waals surface area contributed by atoms with Crippen molar-refractivity contribution < 1.29 is 9.59 Å². The van der Waals surface area contributed by atoms with Gasteiger partial charge in [0.05, 0.1) is 6.42 Å². The number of fused-ring (bicyclic) bond motifs is 1. The van der Waals surface area contributed by atoms with E-state index >= 15 is 0 Å². The van der Waals surface area contributed by atoms with Crippen molar-refractivity contribution in [3.8, 4) is 11.4 Å². The fourth-order valence-electron chi connectivity index (χ4n) is 2.84. The molecule has 26 heavy (non-hydrogen) atoms. The minimum absolute atomic E-state index is 0.00962. The third-order valence-electron chi connectivity index (χ3n) is 4.21. The van der Waals surface area contributed by atoms with E-state index in [-0.39, 0.29) is 18.2 Å². The largest absolute Gasteiger partial charge is 0.326 e. The number of hydrogen-bond acceptors (Lipinski definition) is 4. The highest BCUT2D eigenvalue weighted by molar-refractivity contribution is 6.01. The van der Waals surface area contributed by atoms with Gasteiger partial charge in [0.1, 0.15) is 6.04 Å². The van der Waals surface area contributed by atoms with E-state index in [1.807, 2.05) is 61.5 Å². The summed E-state index contributed by atoms with van der Waals surface area (Å²) in [4.78, 5) is 28.9. The van der Waals surface area contributed by atoms with Crippen molar-refractivity contribution in [3.05, 3.63) is 60.2 Å². The molecule has 3 aromatic rings. The summed E-state index contributed by atoms with van der Waals surface area (Å²) in [7, 11) is 0. The third-order valence-corrected chi connectivity index (χ3v) is 4.21. The molecule has 2 heterocycles. The highest BCUT2D eigenvalue weighted by Gasteiger charge is 2.35. The lowest BCUT2D eigenvalue weighted by Gasteiger charge is -2.10. The Morgan fingerprint density at radius 2 is 1.88 bits per heavy atom. The number of carbonyl (C=O) groups is 2. The molecule has 2 N–H and O–H groups in total. The number of amides is 2. The highest BCUT2D eigenvalue weighted by atomic mass is 16.2. The Kier molecular flexibility index (Phi) is 3.96. The maximum absolute atomic E-state index is 12.3. The fraction of sp³-hybridized carbons (Fsp3) is 0.158. The molecule has 0 saturated heterocycles. The van der Waals surface area contributed by atoms with Crippen LogP contribution in [0.3, 0.4) is 0 Å². The predicted molar refractivity (Wildman–Crippen MR) is 97.6 cm³/mol. The molecule has 1 aliphatic rings. The number of hydrogen-bond donors (Lipinski definition) is 2. The van der Waals surface area contributed by atoms with E-state index in [2.05, 4.69) is 20.7 Å². The Labute approximate surface area is 150 Å². The maximum Gasteiger partial charge on any atom is 0.252 e. The van der Waals surface area contributed by atoms with Crippen LogP contribution in [0.15, 0.2) is 54.6 Å². The molecule has 0 saturated carbocycles. The smallest absolute Gasteiger partial charge is 0.252 e. The minimum atomic E-state index is -0.708. The van der Waals surface area contributed by atoms with Gasteiger partial charge in [0.2, 0.25) is 11.9 Å². The number of nitrogens with zero attached hydrogens (tertiary/aromatic N) is 3. The van der Waals surface area contributed by atoms with Crippen LogP contribution in [0.5, 0.6) is 0 Å². The molecule has 0 radical (unpaired) electrons. The zero-order valence-electron chi connectivity index (χ0n) is 14.1. The summed E-state index contributed by atoms with van der Waals surface area (Å²) < 4.78 is 1.49. The minimum Gasteiger partial charge on any atom is -0.326 e. The van der Waals surface area contributed by atoms with Crippen LogP contribution < -0.4 is 10.6 Å². The lowest BCUT2D eigenvalue weighted by atomic mass is 10.2. The third kappa shape index (κ3) is 3.06. The van der Waals surface area contributed by atoms with Crippen molar-refractivity contribution in [1.82, 2.24) is 14.8 Å². The second-order valence-electron chi connectivity index (χ2n) is 6.19. The van der Waals surface area contributed by atoms with Gasteiger partial charge in [0, 0.05) is 11.3 Å². The van der Waals surface area contributed by atoms with Crippen LogP contribution in [0.2, 0.25) is 0 Å². The normalized spacial score (nSPS) is 15.4. The molecule has 0 unspecified atom stereocenters. The van der Waals surface area contributed by atoms with Crippen LogP contribution in [0.1, 0.15) is 18.0 Å². The van der Waals surface area contributed by atoms with Gasteiger partial charge in [0.15, 0.2) is 5.82 Å². The summed E-state index contributed by atoms with van der Waals surface area (Å²) in [6.45, 7) is 1.98. The Balaban J connectivity index is 1.51. The first-order valence-corrected chi connectivity index (χ1v) is 8.29. The van der Waals surface area contributed by atoms with Crippen LogP contribution >= 0.6 is 0 Å². The molecule has 7 nitrogen and oxygen atoms in total. The van der Waals surface area contributed by atoms with Gasteiger partial charge in [-0.25, -0.2) is 4.68 Å². The van der Waals surface area contributed by atoms with Crippen molar-refractivity contribution in [1.29, 1.82) is 0 Å². The Hall–Kier alpha value is -3.48. The van der Waals surface area contributed by atoms with Gasteiger partial charge in [0.25, 0.3) is 5.91 Å². The lowest BCUT2D eigenvalue weighted by Crippen LogP contribution is -2.23. The maximum atomic E-state index is 12.3. The lowest BCUT2D eigenvalue weighted by molar-refractivity contribution is -0.123. The number of aromatic nitrogens is 3. The quantitative estimate of drug-likeness (QED) is 0.759. The van der Waals surface area contributed by atoms with Crippen molar-refractivity contribution in [2.24, 2.45) is 0 Å². The molecule has 1 aromatic heterocycles. The van der Waals surface area contributed by atoms with Crippen LogP contribution in [0.25, 0.3) is 11.4 Å². The molecule has 130 valence electrons. The second-order valence-corrected chi connectivity index (χ2v) is 6.19. The van der Waals surface area contributed by atoms with Crippen molar-refractivity contribution in [2.45, 2.75) is 19.4 Å². The van der Waals surface area contributed by atoms with Gasteiger partial charge in [-0.05, 0) is 19.1 Å². The zero-order valence-corrected chi connectivity index (χ0v) is 14.1.